The molecule has 5 heterocycles. The molecule has 6 fully saturated rings. The van der Waals surface area contributed by atoms with E-state index >= 15 is 0 Å². The fraction of sp³-hybridized carbons (Fsp3) is 0.750. The van der Waals surface area contributed by atoms with Crippen molar-refractivity contribution >= 4 is 27.6 Å². The van der Waals surface area contributed by atoms with Crippen LogP contribution in [0, 0.1) is 23.7 Å². The molecule has 38 heavy (non-hydrogen) atoms. The Balaban J connectivity index is 1.14. The zero-order valence-corrected chi connectivity index (χ0v) is 24.2. The van der Waals surface area contributed by atoms with Gasteiger partial charge in [0.1, 0.15) is 0 Å². The van der Waals surface area contributed by atoms with Gasteiger partial charge in [0.25, 0.3) is 0 Å². The predicted molar refractivity (Wildman–Crippen MR) is 145 cm³/mol. The molecule has 210 valence electrons. The fourth-order valence-electron chi connectivity index (χ4n) is 7.07. The lowest BCUT2D eigenvalue weighted by Crippen LogP contribution is -2.70. The van der Waals surface area contributed by atoms with Crippen LogP contribution in [-0.4, -0.2) is 74.3 Å². The summed E-state index contributed by atoms with van der Waals surface area (Å²) in [6, 6.07) is 8.10. The molecule has 7 rings (SSSR count). The van der Waals surface area contributed by atoms with Gasteiger partial charge in [0.2, 0.25) is 5.79 Å². The highest BCUT2D eigenvalue weighted by atomic mass is 79.9. The number of nitrogens with zero attached hydrogens (tertiary/aromatic N) is 2. The molecule has 1 saturated carbocycles. The molecule has 0 amide bonds. The number of fused-ring (bicyclic) bond motifs is 2. The van der Waals surface area contributed by atoms with E-state index in [-0.39, 0.29) is 18.1 Å². The van der Waals surface area contributed by atoms with Crippen LogP contribution in [0.4, 0.5) is 5.69 Å². The second kappa shape index (κ2) is 11.0. The summed E-state index contributed by atoms with van der Waals surface area (Å²) in [7, 11) is 0. The normalized spacial score (nSPS) is 40.9. The van der Waals surface area contributed by atoms with Gasteiger partial charge in [-0.2, -0.15) is 0 Å². The third kappa shape index (κ3) is 5.02. The van der Waals surface area contributed by atoms with Gasteiger partial charge in [-0.05, 0) is 56.2 Å². The van der Waals surface area contributed by atoms with E-state index in [1.165, 1.54) is 6.42 Å². The van der Waals surface area contributed by atoms with Crippen LogP contribution in [0.1, 0.15) is 46.5 Å². The molecule has 6 aliphatic rings. The first-order valence-electron chi connectivity index (χ1n) is 14.1. The van der Waals surface area contributed by atoms with Crippen LogP contribution in [0.25, 0.3) is 0 Å². The van der Waals surface area contributed by atoms with Gasteiger partial charge >= 0.3 is 0 Å². The van der Waals surface area contributed by atoms with Gasteiger partial charge in [0, 0.05) is 41.5 Å². The Morgan fingerprint density at radius 2 is 2.00 bits per heavy atom. The number of anilines is 1. The molecule has 0 radical (unpaired) electrons. The summed E-state index contributed by atoms with van der Waals surface area (Å²) in [5.41, 5.74) is 0.417. The Morgan fingerprint density at radius 1 is 1.16 bits per heavy atom. The van der Waals surface area contributed by atoms with Gasteiger partial charge in [-0.3, -0.25) is 4.99 Å². The van der Waals surface area contributed by atoms with E-state index < -0.39 is 17.7 Å². The minimum Gasteiger partial charge on any atom is -0.378 e. The van der Waals surface area contributed by atoms with E-state index in [1.807, 2.05) is 31.2 Å². The Bertz CT molecular complexity index is 1020. The Morgan fingerprint density at radius 3 is 2.82 bits per heavy atom. The average molecular weight is 595 g/mol. The highest BCUT2D eigenvalue weighted by Gasteiger charge is 2.69. The summed E-state index contributed by atoms with van der Waals surface area (Å²) in [4.78, 5) is 19.3. The van der Waals surface area contributed by atoms with Crippen molar-refractivity contribution in [3.05, 3.63) is 28.7 Å². The van der Waals surface area contributed by atoms with Gasteiger partial charge in [0.15, 0.2) is 24.1 Å². The maximum absolute atomic E-state index is 6.54. The molecule has 1 aromatic carbocycles. The number of hydrogen-bond donors (Lipinski definition) is 1. The Labute approximate surface area is 233 Å². The van der Waals surface area contributed by atoms with E-state index in [9.17, 15) is 0 Å². The zero-order valence-electron chi connectivity index (χ0n) is 22.6. The van der Waals surface area contributed by atoms with Crippen LogP contribution in [0.5, 0.6) is 0 Å². The smallest absolute Gasteiger partial charge is 0.201 e. The number of rotatable bonds is 5. The van der Waals surface area contributed by atoms with Crippen molar-refractivity contribution in [2.24, 2.45) is 28.7 Å². The Hall–Kier alpha value is -1.27. The van der Waals surface area contributed by atoms with Crippen LogP contribution in [-0.2, 0) is 28.7 Å². The van der Waals surface area contributed by atoms with Crippen LogP contribution in [0.15, 0.2) is 33.7 Å². The summed E-state index contributed by atoms with van der Waals surface area (Å²) in [5.74, 6) is 1.35. The lowest BCUT2D eigenvalue weighted by Gasteiger charge is -2.60. The summed E-state index contributed by atoms with van der Waals surface area (Å²) >= 11 is 3.55. The zero-order chi connectivity index (χ0) is 26.3. The minimum absolute atomic E-state index is 0.151. The van der Waals surface area contributed by atoms with Crippen molar-refractivity contribution in [1.82, 2.24) is 4.90 Å². The number of benzene rings is 1. The number of nitrogens with one attached hydrogen (secondary N) is 1. The molecule has 5 saturated heterocycles. The van der Waals surface area contributed by atoms with Gasteiger partial charge in [-0.25, -0.2) is 9.78 Å². The first-order valence-corrected chi connectivity index (χ1v) is 14.9. The van der Waals surface area contributed by atoms with Gasteiger partial charge in [0.05, 0.1) is 26.4 Å². The summed E-state index contributed by atoms with van der Waals surface area (Å²) in [6.07, 6.45) is 3.19. The van der Waals surface area contributed by atoms with E-state index in [1.54, 1.807) is 0 Å². The van der Waals surface area contributed by atoms with Crippen molar-refractivity contribution in [1.29, 1.82) is 0 Å². The molecule has 9 nitrogen and oxygen atoms in total. The summed E-state index contributed by atoms with van der Waals surface area (Å²) in [6.45, 7) is 10.4. The first kappa shape index (κ1) is 26.9. The summed E-state index contributed by atoms with van der Waals surface area (Å²) in [5, 5.41) is 3.49. The van der Waals surface area contributed by atoms with Crippen LogP contribution >= 0.6 is 15.9 Å². The molecule has 2 bridgehead atoms. The molecule has 10 heteroatoms. The number of hydrogen-bond acceptors (Lipinski definition) is 7. The number of halogens is 1. The largest absolute Gasteiger partial charge is 0.378 e. The Kier molecular flexibility index (Phi) is 7.76. The van der Waals surface area contributed by atoms with Crippen molar-refractivity contribution < 1.29 is 28.7 Å². The number of morpholine rings is 1. The van der Waals surface area contributed by atoms with E-state index in [0.29, 0.717) is 38.2 Å². The van der Waals surface area contributed by atoms with Crippen molar-refractivity contribution in [2.45, 2.75) is 70.4 Å². The number of guanidine groups is 1. The van der Waals surface area contributed by atoms with Crippen LogP contribution < -0.4 is 5.32 Å². The molecular weight excluding hydrogens is 554 g/mol. The fourth-order valence-corrected chi connectivity index (χ4v) is 7.47. The van der Waals surface area contributed by atoms with E-state index in [0.717, 1.165) is 48.5 Å². The molecule has 5 aliphatic heterocycles. The van der Waals surface area contributed by atoms with Gasteiger partial charge < -0.3 is 29.2 Å². The topological polar surface area (TPSA) is 83.0 Å². The van der Waals surface area contributed by atoms with Crippen molar-refractivity contribution in [3.63, 3.8) is 0 Å². The third-order valence-corrected chi connectivity index (χ3v) is 9.62. The highest BCUT2D eigenvalue weighted by Crippen LogP contribution is 2.60. The lowest BCUT2D eigenvalue weighted by atomic mass is 9.58. The molecule has 1 N–H and O–H groups in total. The average Bonchev–Trinajstić information content (AvgIpc) is 3.15. The molecular formula is C28H40BrN3O6. The molecule has 1 unspecified atom stereocenters. The van der Waals surface area contributed by atoms with Crippen LogP contribution in [0.2, 0.25) is 0 Å². The minimum atomic E-state index is -0.780. The highest BCUT2D eigenvalue weighted by molar-refractivity contribution is 9.10. The second-order valence-electron chi connectivity index (χ2n) is 11.6. The maximum atomic E-state index is 6.54. The van der Waals surface area contributed by atoms with E-state index in [4.69, 9.17) is 33.7 Å². The van der Waals surface area contributed by atoms with Gasteiger partial charge in [-0.15, -0.1) is 0 Å². The summed E-state index contributed by atoms with van der Waals surface area (Å²) < 4.78 is 25.9. The quantitative estimate of drug-likeness (QED) is 0.226. The standard InChI is InChI=1S/C28H40BrN3O6/c1-18-7-8-23-19(2)24(35-25-28(23)22(18)9-10-27(3,36-25)37-38-28)34-14-11-30-26(32-12-15-33-16-13-32)31-21-6-4-5-20(29)17-21/h4-6,17-19,22-25H,7-16H2,1-3H3,(H,30,31)/t18-,19-,22+,23+,24+,25-,27+,28?/m1/s1. The predicted octanol–water partition coefficient (Wildman–Crippen LogP) is 4.77. The van der Waals surface area contributed by atoms with Crippen molar-refractivity contribution in [3.8, 4) is 0 Å². The molecule has 8 atom stereocenters. The lowest BCUT2D eigenvalue weighted by molar-refractivity contribution is -0.577. The van der Waals surface area contributed by atoms with Gasteiger partial charge in [-0.1, -0.05) is 35.8 Å². The first-order chi connectivity index (χ1) is 18.4. The number of ether oxygens (including phenoxy) is 4. The molecule has 1 aliphatic carbocycles. The molecule has 1 spiro atoms. The van der Waals surface area contributed by atoms with Crippen LogP contribution in [0.3, 0.4) is 0 Å². The maximum Gasteiger partial charge on any atom is 0.201 e. The SMILES string of the molecule is C[C@H]1[C@@H](OCCN=C(Nc2cccc(Br)c2)N2CCOCC2)O[C@@H]2O[C@]3(C)CC[C@H]4[C@H](C)CC[C@@H]1C24OO3. The van der Waals surface area contributed by atoms with E-state index in [2.05, 4.69) is 40.0 Å². The number of aliphatic imine (C=N–C) groups is 1. The monoisotopic (exact) mass is 593 g/mol. The second-order valence-corrected chi connectivity index (χ2v) is 12.5. The molecule has 0 aromatic heterocycles. The molecule has 1 aromatic rings. The third-order valence-electron chi connectivity index (χ3n) is 9.12. The van der Waals surface area contributed by atoms with Crippen molar-refractivity contribution in [2.75, 3.05) is 44.8 Å².